The minimum absolute atomic E-state index is 0.0960. The van der Waals surface area contributed by atoms with Crippen molar-refractivity contribution in [3.63, 3.8) is 0 Å². The molecule has 1 heterocycles. The maximum absolute atomic E-state index is 14.6. The van der Waals surface area contributed by atoms with Crippen LogP contribution in [0.1, 0.15) is 58.5 Å². The number of rotatable bonds is 6. The highest BCUT2D eigenvalue weighted by molar-refractivity contribution is 5.92. The zero-order valence-corrected chi connectivity index (χ0v) is 17.6. The van der Waals surface area contributed by atoms with Crippen LogP contribution in [0.4, 0.5) is 4.39 Å². The quantitative estimate of drug-likeness (QED) is 0.528. The number of carbonyl (C=O) groups excluding carboxylic acids is 2. The normalized spacial score (nSPS) is 14.4. The maximum Gasteiger partial charge on any atom is 0.274 e. The lowest BCUT2D eigenvalue weighted by atomic mass is 9.93. The predicted octanol–water partition coefficient (Wildman–Crippen LogP) is 5.01. The van der Waals surface area contributed by atoms with E-state index in [2.05, 4.69) is 4.98 Å². The second-order valence-electron chi connectivity index (χ2n) is 8.21. The summed E-state index contributed by atoms with van der Waals surface area (Å²) in [6.07, 6.45) is 9.44. The minimum Gasteiger partial charge on any atom is -0.340 e. The van der Waals surface area contributed by atoms with E-state index in [0.717, 1.165) is 37.5 Å². The van der Waals surface area contributed by atoms with Crippen molar-refractivity contribution in [2.45, 2.75) is 44.7 Å². The van der Waals surface area contributed by atoms with E-state index in [4.69, 9.17) is 0 Å². The van der Waals surface area contributed by atoms with E-state index in [1.807, 2.05) is 11.9 Å². The molecule has 0 atom stereocenters. The van der Waals surface area contributed by atoms with E-state index >= 15 is 0 Å². The Bertz CT molecular complexity index is 1090. The smallest absolute Gasteiger partial charge is 0.274 e. The van der Waals surface area contributed by atoms with Crippen molar-refractivity contribution in [3.8, 4) is 11.1 Å². The molecule has 0 radical (unpaired) electrons. The summed E-state index contributed by atoms with van der Waals surface area (Å²) in [6, 6.07) is 12.0. The molecule has 1 amide bonds. The van der Waals surface area contributed by atoms with Crippen LogP contribution in [0.5, 0.6) is 0 Å². The van der Waals surface area contributed by atoms with Crippen LogP contribution < -0.4 is 0 Å². The van der Waals surface area contributed by atoms with Gasteiger partial charge < -0.3 is 9.47 Å². The summed E-state index contributed by atoms with van der Waals surface area (Å²) < 4.78 is 16.4. The molecule has 160 valence electrons. The second kappa shape index (κ2) is 9.25. The first-order chi connectivity index (χ1) is 15.0. The standard InChI is InChI=1S/C25H26FN3O2/c1-28-15-24(27-17-28)25(31)29(21-8-3-2-4-9-21)14-18-10-11-23(26)22(13-18)20-7-5-6-19(12-20)16-30/h5-7,10-13,15-17,21H,2-4,8-9,14H2,1H3. The monoisotopic (exact) mass is 419 g/mol. The molecule has 1 fully saturated rings. The Morgan fingerprint density at radius 2 is 2.00 bits per heavy atom. The van der Waals surface area contributed by atoms with E-state index < -0.39 is 0 Å². The molecule has 0 spiro atoms. The number of aldehydes is 1. The number of nitrogens with zero attached hydrogens (tertiary/aromatic N) is 3. The molecule has 1 saturated carbocycles. The third-order valence-corrected chi connectivity index (χ3v) is 5.92. The molecule has 0 bridgehead atoms. The lowest BCUT2D eigenvalue weighted by Crippen LogP contribution is -2.41. The highest BCUT2D eigenvalue weighted by Gasteiger charge is 2.28. The number of hydrogen-bond donors (Lipinski definition) is 0. The van der Waals surface area contributed by atoms with Crippen LogP contribution in [0.25, 0.3) is 11.1 Å². The molecular formula is C25H26FN3O2. The van der Waals surface area contributed by atoms with Gasteiger partial charge in [-0.25, -0.2) is 9.37 Å². The third-order valence-electron chi connectivity index (χ3n) is 5.92. The molecular weight excluding hydrogens is 393 g/mol. The van der Waals surface area contributed by atoms with Crippen molar-refractivity contribution in [3.05, 3.63) is 77.6 Å². The molecule has 0 unspecified atom stereocenters. The Labute approximate surface area is 181 Å². The molecule has 1 aliphatic carbocycles. The summed E-state index contributed by atoms with van der Waals surface area (Å²) in [7, 11) is 1.84. The van der Waals surface area contributed by atoms with Gasteiger partial charge >= 0.3 is 0 Å². The lowest BCUT2D eigenvalue weighted by molar-refractivity contribution is 0.0608. The van der Waals surface area contributed by atoms with E-state index in [9.17, 15) is 14.0 Å². The first kappa shape index (κ1) is 21.0. The molecule has 0 saturated heterocycles. The average molecular weight is 420 g/mol. The number of aryl methyl sites for hydroxylation is 1. The van der Waals surface area contributed by atoms with Crippen LogP contribution in [-0.4, -0.2) is 32.7 Å². The number of imidazole rings is 1. The second-order valence-corrected chi connectivity index (χ2v) is 8.21. The van der Waals surface area contributed by atoms with Gasteiger partial charge in [0, 0.05) is 37.0 Å². The van der Waals surface area contributed by atoms with E-state index in [1.165, 1.54) is 12.5 Å². The number of aromatic nitrogens is 2. The van der Waals surface area contributed by atoms with Crippen molar-refractivity contribution < 1.29 is 14.0 Å². The largest absolute Gasteiger partial charge is 0.340 e. The molecule has 2 aromatic carbocycles. The van der Waals surface area contributed by atoms with Crippen LogP contribution >= 0.6 is 0 Å². The summed E-state index contributed by atoms with van der Waals surface area (Å²) in [4.78, 5) is 30.6. The van der Waals surface area contributed by atoms with Gasteiger partial charge in [0.2, 0.25) is 0 Å². The van der Waals surface area contributed by atoms with Gasteiger partial charge in [-0.3, -0.25) is 9.59 Å². The zero-order chi connectivity index (χ0) is 21.8. The van der Waals surface area contributed by atoms with Crippen LogP contribution in [-0.2, 0) is 13.6 Å². The molecule has 1 aromatic heterocycles. The van der Waals surface area contributed by atoms with Crippen molar-refractivity contribution >= 4 is 12.2 Å². The molecule has 0 N–H and O–H groups in total. The first-order valence-electron chi connectivity index (χ1n) is 10.7. The number of benzene rings is 2. The van der Waals surface area contributed by atoms with E-state index in [-0.39, 0.29) is 17.8 Å². The maximum atomic E-state index is 14.6. The summed E-state index contributed by atoms with van der Waals surface area (Å²) in [5.74, 6) is -0.451. The van der Waals surface area contributed by atoms with E-state index in [1.54, 1.807) is 53.5 Å². The average Bonchev–Trinajstić information content (AvgIpc) is 3.25. The topological polar surface area (TPSA) is 55.2 Å². The zero-order valence-electron chi connectivity index (χ0n) is 17.6. The van der Waals surface area contributed by atoms with Gasteiger partial charge in [0.15, 0.2) is 0 Å². The van der Waals surface area contributed by atoms with Crippen LogP contribution in [0.15, 0.2) is 55.0 Å². The Morgan fingerprint density at radius 1 is 1.19 bits per heavy atom. The van der Waals surface area contributed by atoms with Crippen LogP contribution in [0.2, 0.25) is 0 Å². The van der Waals surface area contributed by atoms with Gasteiger partial charge in [-0.1, -0.05) is 43.5 Å². The number of amides is 1. The number of hydrogen-bond acceptors (Lipinski definition) is 3. The summed E-state index contributed by atoms with van der Waals surface area (Å²) in [5, 5.41) is 0. The van der Waals surface area contributed by atoms with Crippen molar-refractivity contribution in [1.82, 2.24) is 14.5 Å². The summed E-state index contributed by atoms with van der Waals surface area (Å²) in [6.45, 7) is 0.390. The van der Waals surface area contributed by atoms with Gasteiger partial charge in [0.25, 0.3) is 5.91 Å². The van der Waals surface area contributed by atoms with Crippen molar-refractivity contribution in [1.29, 1.82) is 0 Å². The fraction of sp³-hybridized carbons (Fsp3) is 0.320. The first-order valence-corrected chi connectivity index (χ1v) is 10.7. The Kier molecular flexibility index (Phi) is 6.26. The van der Waals surface area contributed by atoms with Gasteiger partial charge in [0.1, 0.15) is 17.8 Å². The van der Waals surface area contributed by atoms with Gasteiger partial charge in [-0.2, -0.15) is 0 Å². The predicted molar refractivity (Wildman–Crippen MR) is 117 cm³/mol. The molecule has 4 rings (SSSR count). The fourth-order valence-corrected chi connectivity index (χ4v) is 4.30. The molecule has 1 aliphatic rings. The van der Waals surface area contributed by atoms with E-state index in [0.29, 0.717) is 28.9 Å². The van der Waals surface area contributed by atoms with Crippen LogP contribution in [0.3, 0.4) is 0 Å². The highest BCUT2D eigenvalue weighted by atomic mass is 19.1. The fourth-order valence-electron chi connectivity index (χ4n) is 4.30. The summed E-state index contributed by atoms with van der Waals surface area (Å²) >= 11 is 0. The molecule has 3 aromatic rings. The number of halogens is 1. The molecule has 31 heavy (non-hydrogen) atoms. The molecule has 6 heteroatoms. The van der Waals surface area contributed by atoms with Gasteiger partial charge in [-0.05, 0) is 42.2 Å². The van der Waals surface area contributed by atoms with Crippen LogP contribution in [0, 0.1) is 5.82 Å². The minimum atomic E-state index is -0.355. The molecule has 0 aliphatic heterocycles. The van der Waals surface area contributed by atoms with Gasteiger partial charge in [0.05, 0.1) is 6.33 Å². The SMILES string of the molecule is Cn1cnc(C(=O)N(Cc2ccc(F)c(-c3cccc(C=O)c3)c2)C2CCCCC2)c1. The molecule has 5 nitrogen and oxygen atoms in total. The Balaban J connectivity index is 1.66. The van der Waals surface area contributed by atoms with Gasteiger partial charge in [-0.15, -0.1) is 0 Å². The highest BCUT2D eigenvalue weighted by Crippen LogP contribution is 2.28. The third kappa shape index (κ3) is 4.74. The lowest BCUT2D eigenvalue weighted by Gasteiger charge is -2.34. The Hall–Kier alpha value is -3.28. The number of carbonyl (C=O) groups is 2. The van der Waals surface area contributed by atoms with Crippen molar-refractivity contribution in [2.24, 2.45) is 7.05 Å². The van der Waals surface area contributed by atoms with Crippen molar-refractivity contribution in [2.75, 3.05) is 0 Å². The Morgan fingerprint density at radius 3 is 2.71 bits per heavy atom. The summed E-state index contributed by atoms with van der Waals surface area (Å²) in [5.41, 5.74) is 2.84.